The number of nitrogens with two attached hydrogens (primary N) is 6. The van der Waals surface area contributed by atoms with Crippen LogP contribution >= 0.6 is 7.82 Å². The summed E-state index contributed by atoms with van der Waals surface area (Å²) >= 11 is 0. The van der Waals surface area contributed by atoms with E-state index in [9.17, 15) is 53.2 Å². The first-order valence-electron chi connectivity index (χ1n) is 31.1. The molecule has 30 heteroatoms. The van der Waals surface area contributed by atoms with E-state index in [-0.39, 0.29) is 94.0 Å². The van der Waals surface area contributed by atoms with E-state index < -0.39 is 161 Å². The average molecular weight is 1360 g/mol. The fourth-order valence-electron chi connectivity index (χ4n) is 16.1. The summed E-state index contributed by atoms with van der Waals surface area (Å²) in [6, 6.07) is 0.417. The van der Waals surface area contributed by atoms with E-state index in [1.54, 1.807) is 4.57 Å². The Morgan fingerprint density at radius 1 is 0.763 bits per heavy atom. The van der Waals surface area contributed by atoms with Crippen molar-refractivity contribution in [3.63, 3.8) is 0 Å². The van der Waals surface area contributed by atoms with Crippen LogP contribution in [0.2, 0.25) is 0 Å². The Morgan fingerprint density at radius 3 is 1.89 bits per heavy atom. The van der Waals surface area contributed by atoms with Crippen molar-refractivity contribution in [3.05, 3.63) is 91.7 Å². The summed E-state index contributed by atoms with van der Waals surface area (Å²) in [5, 5.41) is 53.2. The molecule has 18 unspecified atom stereocenters. The van der Waals surface area contributed by atoms with Gasteiger partial charge in [-0.25, -0.2) is 9.55 Å². The molecule has 7 heterocycles. The molecule has 5 saturated heterocycles. The number of rotatable bonds is 26. The number of carbonyl (C=O) groups excluding carboxylic acids is 7. The quantitative estimate of drug-likeness (QED) is 0.0440. The van der Waals surface area contributed by atoms with Gasteiger partial charge in [0, 0.05) is 68.3 Å². The van der Waals surface area contributed by atoms with Crippen molar-refractivity contribution < 1.29 is 83.8 Å². The van der Waals surface area contributed by atoms with Gasteiger partial charge in [-0.2, -0.15) is 17.1 Å². The maximum atomic E-state index is 14.4. The summed E-state index contributed by atoms with van der Waals surface area (Å²) in [6.07, 6.45) is -3.96. The van der Waals surface area contributed by atoms with E-state index in [0.29, 0.717) is 39.3 Å². The second kappa shape index (κ2) is 28.9. The Morgan fingerprint density at radius 2 is 1.32 bits per heavy atom. The number of aryl methyl sites for hydroxylation is 2. The van der Waals surface area contributed by atoms with Crippen molar-refractivity contribution in [1.29, 1.82) is 5.26 Å². The molecule has 1 aromatic carbocycles. The number of aliphatic hydroxyl groups is 2. The van der Waals surface area contributed by atoms with Gasteiger partial charge in [-0.05, 0) is 129 Å². The molecule has 16 N–H and O–H groups in total. The molecule has 1 radical (unpaired) electrons. The molecule has 0 aliphatic carbocycles. The van der Waals surface area contributed by atoms with E-state index in [0.717, 1.165) is 11.1 Å². The van der Waals surface area contributed by atoms with E-state index in [1.807, 2.05) is 87.4 Å². The van der Waals surface area contributed by atoms with Crippen LogP contribution in [-0.4, -0.2) is 133 Å². The van der Waals surface area contributed by atoms with Crippen molar-refractivity contribution >= 4 is 60.2 Å². The summed E-state index contributed by atoms with van der Waals surface area (Å²) < 4.78 is 32.3. The van der Waals surface area contributed by atoms with Crippen LogP contribution in [0.5, 0.6) is 0 Å². The normalized spacial score (nSPS) is 35.5. The molecule has 28 nitrogen and oxygen atoms in total. The molecule has 5 fully saturated rings. The number of aliphatic hydroxyl groups excluding tert-OH is 2. The number of aromatic nitrogens is 2. The van der Waals surface area contributed by atoms with E-state index in [1.165, 1.54) is 13.3 Å². The van der Waals surface area contributed by atoms with Crippen molar-refractivity contribution in [3.8, 4) is 0 Å². The van der Waals surface area contributed by atoms with Gasteiger partial charge in [0.15, 0.2) is 6.23 Å². The monoisotopic (exact) mass is 1360 g/mol. The zero-order valence-electron chi connectivity index (χ0n) is 54.7. The number of phosphoric acid groups is 1. The number of primary amides is 6. The van der Waals surface area contributed by atoms with Gasteiger partial charge in [0.05, 0.1) is 30.1 Å². The van der Waals surface area contributed by atoms with Crippen LogP contribution in [0, 0.1) is 71.0 Å². The van der Waals surface area contributed by atoms with Gasteiger partial charge < -0.3 is 97.2 Å². The second-order valence-corrected chi connectivity index (χ2v) is 28.9. The van der Waals surface area contributed by atoms with Gasteiger partial charge in [-0.15, -0.1) is 34.8 Å². The number of benzene rings is 1. The number of hydrogen-bond acceptors (Lipinski definition) is 15. The number of amides is 7. The molecule has 18 atom stereocenters. The molecule has 93 heavy (non-hydrogen) atoms. The standard InChI is InChI=1S/C62H92N13O14P.CN.Co/c1-29-20-39-40(21-30(29)2)75(28-70-39)57-52(84)53(41(27-76)87-57)89-90(85,86)88-31(3)26-69-49(83)18-19-59(8)37(22-46(66)80)56-62(11)61(10,25-48(68)82)36(14-17-45(65)79)51(74-62)33(5)55-60(9,24-47(67)81)34(12-15-43(63)77)38(71-55)23-42-58(6,7)35(13-16-44(64)78)50(72-42)32(4)54(59)73-56;1-2;/h20-21,23,28,31,34-38,41,50-53,56-57,76,84H,12-19,22,24-27H2,1-11H3,(H2,63,77)(H2,64,78)(H2,65,79)(H2,66,80)(H2,67,81)(H2,68,82)(H,69,83)(H,85,86);;/q-4;-1;/b42-23-,54-32-,55-33-;;. The van der Waals surface area contributed by atoms with Gasteiger partial charge in [-0.1, -0.05) is 53.6 Å². The Kier molecular flexibility index (Phi) is 23.5. The molecule has 8 rings (SSSR count). The third-order valence-corrected chi connectivity index (χ3v) is 22.3. The Hall–Kier alpha value is -6.45. The Labute approximate surface area is 553 Å². The SMILES string of the molecule is C/C1=C2/[N-]C(C(CC(N)=O)C2(C)CCC(=O)NCC(C)OP(=O)(O)OC2C(CO)OC(n3cnc4cc(C)c(C)cc43)C2O)C2(C)[N-]C(/C(C)=C3\[N-]C(/C=C4\[N-]C1C(CCC(N)=O)C4(C)C)C(CCC(N)=O)C3(C)CC(N)=O)C(CCC(N)=O)C2(C)CC(N)=O.[C-]#N.[Co]. The number of nitrogens with zero attached hydrogens (tertiary/aromatic N) is 7. The summed E-state index contributed by atoms with van der Waals surface area (Å²) in [5.74, 6) is -6.86. The van der Waals surface area contributed by atoms with Crippen LogP contribution < -0.4 is 39.7 Å². The van der Waals surface area contributed by atoms with Gasteiger partial charge in [0.1, 0.15) is 18.3 Å². The summed E-state index contributed by atoms with van der Waals surface area (Å²) in [6.45, 7) is 24.2. The molecular formula is C63H92CoN14O14P-5. The Balaban J connectivity index is 0.00000453. The minimum Gasteiger partial charge on any atom is -0.685 e. The number of ether oxygens (including phenoxy) is 1. The topological polar surface area (TPSA) is 491 Å². The maximum Gasteiger partial charge on any atom is 0.472 e. The smallest absolute Gasteiger partial charge is 0.472 e. The van der Waals surface area contributed by atoms with Gasteiger partial charge >= 0.3 is 7.82 Å². The van der Waals surface area contributed by atoms with E-state index in [2.05, 4.69) is 10.3 Å². The number of fused-ring (bicyclic) bond motifs is 10. The van der Waals surface area contributed by atoms with Crippen LogP contribution in [0.15, 0.2) is 52.8 Å². The molecule has 1 aromatic heterocycles. The fraction of sp³-hybridized carbons (Fsp3) is 0.667. The van der Waals surface area contributed by atoms with Gasteiger partial charge in [-0.3, -0.25) is 42.6 Å². The summed E-state index contributed by atoms with van der Waals surface area (Å²) in [4.78, 5) is 109. The number of carbonyl (C=O) groups is 7. The first kappa shape index (κ1) is 75.6. The van der Waals surface area contributed by atoms with Gasteiger partial charge in [0.25, 0.3) is 0 Å². The van der Waals surface area contributed by atoms with Gasteiger partial charge in [0.2, 0.25) is 41.4 Å². The number of nitrogens with one attached hydrogen (secondary N) is 1. The Bertz CT molecular complexity index is 3390. The number of phosphoric ester groups is 1. The molecule has 2 aromatic rings. The molecular weight excluding hydrogens is 1270 g/mol. The third-order valence-electron chi connectivity index (χ3n) is 21.2. The van der Waals surface area contributed by atoms with Crippen molar-refractivity contribution in [1.82, 2.24) is 14.9 Å². The first-order valence-corrected chi connectivity index (χ1v) is 32.6. The zero-order valence-corrected chi connectivity index (χ0v) is 56.7. The minimum atomic E-state index is -5.06. The third kappa shape index (κ3) is 14.8. The van der Waals surface area contributed by atoms with E-state index >= 15 is 0 Å². The average Bonchev–Trinajstić information content (AvgIpc) is 1.53. The maximum absolute atomic E-state index is 14.4. The van der Waals surface area contributed by atoms with Crippen molar-refractivity contribution in [2.24, 2.45) is 79.7 Å². The van der Waals surface area contributed by atoms with Crippen molar-refractivity contribution in [2.45, 2.75) is 207 Å². The molecule has 8 bridgehead atoms. The molecule has 0 spiro atoms. The zero-order chi connectivity index (χ0) is 68.7. The predicted octanol–water partition coefficient (Wildman–Crippen LogP) is 4.95. The number of allylic oxidation sites excluding steroid dienone is 3. The van der Waals surface area contributed by atoms with Crippen LogP contribution in [0.3, 0.4) is 0 Å². The molecule has 6 aliphatic rings. The molecule has 7 amide bonds. The van der Waals surface area contributed by atoms with E-state index in [4.69, 9.17) is 81.3 Å². The van der Waals surface area contributed by atoms with Crippen LogP contribution in [0.4, 0.5) is 0 Å². The molecule has 6 aliphatic heterocycles. The minimum absolute atomic E-state index is 0. The fourth-order valence-corrected chi connectivity index (χ4v) is 17.3. The summed E-state index contributed by atoms with van der Waals surface area (Å²) in [7, 11) is -5.06. The molecule has 0 saturated carbocycles. The van der Waals surface area contributed by atoms with Crippen LogP contribution in [-0.2, 0) is 68.7 Å². The summed E-state index contributed by atoms with van der Waals surface area (Å²) in [5.41, 5.74) is 36.2. The predicted molar refractivity (Wildman–Crippen MR) is 338 cm³/mol. The molecule has 517 valence electrons. The largest absolute Gasteiger partial charge is 0.685 e. The van der Waals surface area contributed by atoms with Crippen molar-refractivity contribution in [2.75, 3.05) is 13.2 Å². The number of hydrogen-bond donors (Lipinski definition) is 10. The second-order valence-electron chi connectivity index (χ2n) is 27.5. The van der Waals surface area contributed by atoms with Crippen LogP contribution in [0.25, 0.3) is 32.3 Å². The van der Waals surface area contributed by atoms with Crippen LogP contribution in [0.1, 0.15) is 150 Å². The first-order chi connectivity index (χ1) is 42.8. The number of imidazole rings is 1.